The Hall–Kier alpha value is -1.62. The number of hydrogen-bond donors (Lipinski definition) is 2. The number of carbonyl (C=O) groups excluding carboxylic acids is 1. The first-order valence-corrected chi connectivity index (χ1v) is 6.34. The maximum atomic E-state index is 12.3. The molecule has 0 aromatic carbocycles. The van der Waals surface area contributed by atoms with Gasteiger partial charge in [0.15, 0.2) is 0 Å². The minimum absolute atomic E-state index is 0.00847. The van der Waals surface area contributed by atoms with Crippen LogP contribution in [0.4, 0.5) is 5.82 Å². The van der Waals surface area contributed by atoms with E-state index < -0.39 is 0 Å². The van der Waals surface area contributed by atoms with Crippen LogP contribution in [-0.2, 0) is 0 Å². The molecule has 1 aromatic rings. The first kappa shape index (κ1) is 12.8. The molecule has 2 rings (SSSR count). The van der Waals surface area contributed by atoms with Crippen LogP contribution < -0.4 is 11.3 Å². The lowest BCUT2D eigenvalue weighted by Crippen LogP contribution is -2.42. The summed E-state index contributed by atoms with van der Waals surface area (Å²) in [5.74, 6) is 7.02. The molecular formula is C13H20N4O. The third kappa shape index (κ3) is 2.61. The second-order valence-electron chi connectivity index (χ2n) is 5.05. The molecule has 2 heterocycles. The van der Waals surface area contributed by atoms with Crippen molar-refractivity contribution in [2.75, 3.05) is 18.5 Å². The van der Waals surface area contributed by atoms with E-state index in [1.54, 1.807) is 18.2 Å². The predicted octanol–water partition coefficient (Wildman–Crippen LogP) is 1.49. The minimum atomic E-state index is -0.00847. The molecule has 0 saturated carbocycles. The van der Waals surface area contributed by atoms with Gasteiger partial charge in [0.05, 0.1) is 0 Å². The Morgan fingerprint density at radius 3 is 2.89 bits per heavy atom. The molecule has 2 unspecified atom stereocenters. The van der Waals surface area contributed by atoms with E-state index in [0.29, 0.717) is 23.3 Å². The number of amides is 1. The van der Waals surface area contributed by atoms with Gasteiger partial charge in [-0.3, -0.25) is 4.79 Å². The van der Waals surface area contributed by atoms with Gasteiger partial charge in [0.25, 0.3) is 5.91 Å². The van der Waals surface area contributed by atoms with Crippen molar-refractivity contribution in [2.45, 2.75) is 20.3 Å². The maximum Gasteiger partial charge on any atom is 0.272 e. The zero-order chi connectivity index (χ0) is 13.1. The van der Waals surface area contributed by atoms with Crippen molar-refractivity contribution in [1.82, 2.24) is 9.88 Å². The zero-order valence-corrected chi connectivity index (χ0v) is 10.9. The van der Waals surface area contributed by atoms with Crippen LogP contribution in [0, 0.1) is 11.8 Å². The quantitative estimate of drug-likeness (QED) is 0.614. The van der Waals surface area contributed by atoms with Crippen LogP contribution in [0.3, 0.4) is 0 Å². The fourth-order valence-electron chi connectivity index (χ4n) is 2.24. The molecule has 5 heteroatoms. The van der Waals surface area contributed by atoms with E-state index in [2.05, 4.69) is 24.3 Å². The summed E-state index contributed by atoms with van der Waals surface area (Å²) in [6, 6.07) is 5.25. The predicted molar refractivity (Wildman–Crippen MR) is 70.9 cm³/mol. The number of pyridine rings is 1. The average Bonchev–Trinajstić information content (AvgIpc) is 2.41. The number of nitrogen functional groups attached to an aromatic ring is 1. The Morgan fingerprint density at radius 1 is 1.44 bits per heavy atom. The van der Waals surface area contributed by atoms with Crippen LogP contribution in [-0.4, -0.2) is 28.9 Å². The molecular weight excluding hydrogens is 228 g/mol. The van der Waals surface area contributed by atoms with Gasteiger partial charge in [0.2, 0.25) is 0 Å². The molecule has 3 N–H and O–H groups in total. The van der Waals surface area contributed by atoms with Gasteiger partial charge in [-0.15, -0.1) is 0 Å². The molecule has 98 valence electrons. The Kier molecular flexibility index (Phi) is 3.81. The summed E-state index contributed by atoms with van der Waals surface area (Å²) in [5, 5.41) is 0. The highest BCUT2D eigenvalue weighted by atomic mass is 16.2. The normalized spacial score (nSPS) is 23.8. The Labute approximate surface area is 107 Å². The minimum Gasteiger partial charge on any atom is -0.337 e. The zero-order valence-electron chi connectivity index (χ0n) is 10.9. The standard InChI is InChI=1S/C13H20N4O/c1-9-6-7-17(8-10(9)2)13(18)11-4-3-5-12(15-11)16-14/h3-5,9-10H,6-8,14H2,1-2H3,(H,15,16). The molecule has 1 aromatic heterocycles. The largest absolute Gasteiger partial charge is 0.337 e. The molecule has 1 aliphatic heterocycles. The van der Waals surface area contributed by atoms with E-state index in [1.807, 2.05) is 4.90 Å². The molecule has 1 amide bonds. The van der Waals surface area contributed by atoms with Gasteiger partial charge in [-0.2, -0.15) is 0 Å². The number of hydrogen-bond acceptors (Lipinski definition) is 4. The van der Waals surface area contributed by atoms with Crippen molar-refractivity contribution >= 4 is 11.7 Å². The van der Waals surface area contributed by atoms with Crippen LogP contribution in [0.5, 0.6) is 0 Å². The van der Waals surface area contributed by atoms with E-state index in [1.165, 1.54) is 0 Å². The molecule has 0 radical (unpaired) electrons. The van der Waals surface area contributed by atoms with Crippen LogP contribution in [0.1, 0.15) is 30.8 Å². The van der Waals surface area contributed by atoms with Gasteiger partial charge in [-0.1, -0.05) is 19.9 Å². The number of nitrogens with one attached hydrogen (secondary N) is 1. The van der Waals surface area contributed by atoms with Gasteiger partial charge in [0.1, 0.15) is 11.5 Å². The molecule has 1 aliphatic rings. The summed E-state index contributed by atoms with van der Waals surface area (Å²) in [6.07, 6.45) is 1.06. The number of nitrogens with two attached hydrogens (primary N) is 1. The molecule has 2 atom stereocenters. The van der Waals surface area contributed by atoms with Gasteiger partial charge in [-0.25, -0.2) is 10.8 Å². The van der Waals surface area contributed by atoms with Gasteiger partial charge in [0, 0.05) is 13.1 Å². The van der Waals surface area contributed by atoms with Gasteiger partial charge in [-0.05, 0) is 30.4 Å². The lowest BCUT2D eigenvalue weighted by Gasteiger charge is -2.35. The van der Waals surface area contributed by atoms with Crippen molar-refractivity contribution in [3.63, 3.8) is 0 Å². The van der Waals surface area contributed by atoms with Crippen molar-refractivity contribution in [1.29, 1.82) is 0 Å². The van der Waals surface area contributed by atoms with E-state index in [-0.39, 0.29) is 5.91 Å². The van der Waals surface area contributed by atoms with E-state index >= 15 is 0 Å². The fraction of sp³-hybridized carbons (Fsp3) is 0.538. The summed E-state index contributed by atoms with van der Waals surface area (Å²) in [6.45, 7) is 6.05. The number of aromatic nitrogens is 1. The number of anilines is 1. The first-order chi connectivity index (χ1) is 8.61. The lowest BCUT2D eigenvalue weighted by atomic mass is 9.88. The number of nitrogens with zero attached hydrogens (tertiary/aromatic N) is 2. The maximum absolute atomic E-state index is 12.3. The molecule has 0 bridgehead atoms. The van der Waals surface area contributed by atoms with E-state index in [0.717, 1.165) is 19.5 Å². The summed E-state index contributed by atoms with van der Waals surface area (Å²) in [7, 11) is 0. The van der Waals surface area contributed by atoms with Crippen LogP contribution in [0.15, 0.2) is 18.2 Å². The van der Waals surface area contributed by atoms with Crippen molar-refractivity contribution in [3.05, 3.63) is 23.9 Å². The smallest absolute Gasteiger partial charge is 0.272 e. The highest BCUT2D eigenvalue weighted by Crippen LogP contribution is 2.23. The third-order valence-corrected chi connectivity index (χ3v) is 3.74. The monoisotopic (exact) mass is 248 g/mol. The summed E-state index contributed by atoms with van der Waals surface area (Å²) < 4.78 is 0. The summed E-state index contributed by atoms with van der Waals surface area (Å²) in [4.78, 5) is 18.4. The van der Waals surface area contributed by atoms with Crippen LogP contribution in [0.2, 0.25) is 0 Å². The Balaban J connectivity index is 2.11. The number of likely N-dealkylation sites (tertiary alicyclic amines) is 1. The SMILES string of the molecule is CC1CCN(C(=O)c2cccc(NN)n2)CC1C. The molecule has 0 spiro atoms. The summed E-state index contributed by atoms with van der Waals surface area (Å²) >= 11 is 0. The first-order valence-electron chi connectivity index (χ1n) is 6.34. The topological polar surface area (TPSA) is 71.2 Å². The molecule has 5 nitrogen and oxygen atoms in total. The second kappa shape index (κ2) is 5.35. The fourth-order valence-corrected chi connectivity index (χ4v) is 2.24. The number of carbonyl (C=O) groups is 1. The number of piperidine rings is 1. The molecule has 0 aliphatic carbocycles. The highest BCUT2D eigenvalue weighted by Gasteiger charge is 2.27. The van der Waals surface area contributed by atoms with Crippen LogP contribution >= 0.6 is 0 Å². The van der Waals surface area contributed by atoms with E-state index in [9.17, 15) is 4.79 Å². The van der Waals surface area contributed by atoms with Crippen LogP contribution in [0.25, 0.3) is 0 Å². The lowest BCUT2D eigenvalue weighted by molar-refractivity contribution is 0.0622. The molecule has 1 fully saturated rings. The molecule has 1 saturated heterocycles. The Morgan fingerprint density at radius 2 is 2.22 bits per heavy atom. The van der Waals surface area contributed by atoms with Crippen molar-refractivity contribution < 1.29 is 4.79 Å². The Bertz CT molecular complexity index is 435. The third-order valence-electron chi connectivity index (χ3n) is 3.74. The number of hydrazine groups is 1. The summed E-state index contributed by atoms with van der Waals surface area (Å²) in [5.41, 5.74) is 2.91. The number of rotatable bonds is 2. The highest BCUT2D eigenvalue weighted by molar-refractivity contribution is 5.92. The van der Waals surface area contributed by atoms with Crippen molar-refractivity contribution in [2.24, 2.45) is 17.7 Å². The average molecular weight is 248 g/mol. The van der Waals surface area contributed by atoms with E-state index in [4.69, 9.17) is 5.84 Å². The van der Waals surface area contributed by atoms with Gasteiger partial charge >= 0.3 is 0 Å². The molecule has 18 heavy (non-hydrogen) atoms. The van der Waals surface area contributed by atoms with Gasteiger partial charge < -0.3 is 10.3 Å². The van der Waals surface area contributed by atoms with Crippen molar-refractivity contribution in [3.8, 4) is 0 Å². The second-order valence-corrected chi connectivity index (χ2v) is 5.05.